The molecule has 1 heterocycles. The third kappa shape index (κ3) is 2.72. The average Bonchev–Trinajstić information content (AvgIpc) is 2.82. The molecule has 20 heavy (non-hydrogen) atoms. The fraction of sp³-hybridized carbons (Fsp3) is 0.111. The Morgan fingerprint density at radius 1 is 0.750 bits per heavy atom. The number of thiophene rings is 1. The zero-order chi connectivity index (χ0) is 14.1. The number of hydrogen-bond donors (Lipinski definition) is 0. The maximum absolute atomic E-state index is 3.69. The summed E-state index contributed by atoms with van der Waals surface area (Å²) in [5.74, 6) is 0. The third-order valence-electron chi connectivity index (χ3n) is 3.34. The average molecular weight is 343 g/mol. The van der Waals surface area contributed by atoms with Gasteiger partial charge in [0.05, 0.1) is 0 Å². The van der Waals surface area contributed by atoms with E-state index in [1.807, 2.05) is 11.3 Å². The molecular formula is C18H15BrS. The number of halogens is 1. The molecule has 0 fully saturated rings. The van der Waals surface area contributed by atoms with Gasteiger partial charge in [-0.3, -0.25) is 0 Å². The van der Waals surface area contributed by atoms with Crippen molar-refractivity contribution in [3.63, 3.8) is 0 Å². The van der Waals surface area contributed by atoms with Crippen molar-refractivity contribution in [2.45, 2.75) is 13.8 Å². The lowest BCUT2D eigenvalue weighted by molar-refractivity contribution is 1.47. The SMILES string of the molecule is Cc1ccc(-c2cc(Br)c(-c3ccc(C)cc3)s2)cc1. The van der Waals surface area contributed by atoms with Gasteiger partial charge >= 0.3 is 0 Å². The van der Waals surface area contributed by atoms with Gasteiger partial charge in [0.1, 0.15) is 0 Å². The number of benzene rings is 2. The van der Waals surface area contributed by atoms with E-state index in [1.54, 1.807) is 0 Å². The summed E-state index contributed by atoms with van der Waals surface area (Å²) in [5.41, 5.74) is 5.13. The third-order valence-corrected chi connectivity index (χ3v) is 5.46. The molecule has 2 heteroatoms. The lowest BCUT2D eigenvalue weighted by Crippen LogP contribution is -1.74. The van der Waals surface area contributed by atoms with Gasteiger partial charge in [0, 0.05) is 14.2 Å². The predicted octanol–water partition coefficient (Wildman–Crippen LogP) is 6.46. The molecule has 0 N–H and O–H groups in total. The van der Waals surface area contributed by atoms with Crippen LogP contribution in [-0.4, -0.2) is 0 Å². The van der Waals surface area contributed by atoms with Gasteiger partial charge in [-0.25, -0.2) is 0 Å². The maximum Gasteiger partial charge on any atom is 0.0491 e. The Balaban J connectivity index is 2.02. The molecule has 0 saturated carbocycles. The van der Waals surface area contributed by atoms with Crippen LogP contribution in [0.5, 0.6) is 0 Å². The van der Waals surface area contributed by atoms with Crippen LogP contribution in [0.15, 0.2) is 59.1 Å². The molecule has 0 atom stereocenters. The van der Waals surface area contributed by atoms with Crippen molar-refractivity contribution < 1.29 is 0 Å². The van der Waals surface area contributed by atoms with Crippen LogP contribution in [-0.2, 0) is 0 Å². The molecule has 0 bridgehead atoms. The summed E-state index contributed by atoms with van der Waals surface area (Å²) in [7, 11) is 0. The van der Waals surface area contributed by atoms with Crippen LogP contribution >= 0.6 is 27.3 Å². The van der Waals surface area contributed by atoms with E-state index in [-0.39, 0.29) is 0 Å². The Bertz CT molecular complexity index is 721. The minimum Gasteiger partial charge on any atom is -0.134 e. The Kier molecular flexibility index (Phi) is 3.77. The topological polar surface area (TPSA) is 0 Å². The first-order valence-corrected chi connectivity index (χ1v) is 8.18. The van der Waals surface area contributed by atoms with Gasteiger partial charge in [-0.1, -0.05) is 59.7 Å². The Morgan fingerprint density at radius 2 is 1.25 bits per heavy atom. The first-order valence-electron chi connectivity index (χ1n) is 6.57. The van der Waals surface area contributed by atoms with Crippen molar-refractivity contribution in [3.05, 3.63) is 70.2 Å². The van der Waals surface area contributed by atoms with E-state index < -0.39 is 0 Å². The summed E-state index contributed by atoms with van der Waals surface area (Å²) in [4.78, 5) is 2.59. The molecule has 0 amide bonds. The Hall–Kier alpha value is -1.38. The van der Waals surface area contributed by atoms with E-state index in [0.29, 0.717) is 0 Å². The van der Waals surface area contributed by atoms with Gasteiger partial charge < -0.3 is 0 Å². The summed E-state index contributed by atoms with van der Waals surface area (Å²) in [6.45, 7) is 4.23. The minimum atomic E-state index is 1.17. The summed E-state index contributed by atoms with van der Waals surface area (Å²) in [6.07, 6.45) is 0. The lowest BCUT2D eigenvalue weighted by atomic mass is 10.1. The standard InChI is InChI=1S/C18H15BrS/c1-12-3-7-14(8-4-12)17-11-16(19)18(20-17)15-9-5-13(2)6-10-15/h3-11H,1-2H3. The highest BCUT2D eigenvalue weighted by molar-refractivity contribution is 9.10. The van der Waals surface area contributed by atoms with Crippen LogP contribution in [0.2, 0.25) is 0 Å². The largest absolute Gasteiger partial charge is 0.134 e. The van der Waals surface area contributed by atoms with Crippen molar-refractivity contribution in [2.24, 2.45) is 0 Å². The van der Waals surface area contributed by atoms with Gasteiger partial charge in [0.25, 0.3) is 0 Å². The van der Waals surface area contributed by atoms with Gasteiger partial charge in [0.2, 0.25) is 0 Å². The van der Waals surface area contributed by atoms with E-state index in [4.69, 9.17) is 0 Å². The zero-order valence-electron chi connectivity index (χ0n) is 11.5. The van der Waals surface area contributed by atoms with E-state index in [0.717, 1.165) is 0 Å². The quantitative estimate of drug-likeness (QED) is 0.501. The van der Waals surface area contributed by atoms with Crippen LogP contribution in [0, 0.1) is 13.8 Å². The molecule has 1 aromatic heterocycles. The Morgan fingerprint density at radius 3 is 1.80 bits per heavy atom. The lowest BCUT2D eigenvalue weighted by Gasteiger charge is -2.00. The highest BCUT2D eigenvalue weighted by Crippen LogP contribution is 2.41. The molecule has 2 aromatic carbocycles. The number of rotatable bonds is 2. The molecule has 0 aliphatic heterocycles. The van der Waals surface area contributed by atoms with Crippen molar-refractivity contribution in [3.8, 4) is 20.9 Å². The molecule has 0 aliphatic carbocycles. The Labute approximate surface area is 132 Å². The second-order valence-corrected chi connectivity index (χ2v) is 6.93. The van der Waals surface area contributed by atoms with Crippen molar-refractivity contribution in [1.29, 1.82) is 0 Å². The molecule has 0 aliphatic rings. The first-order chi connectivity index (χ1) is 9.63. The second kappa shape index (κ2) is 5.55. The van der Waals surface area contributed by atoms with Crippen LogP contribution in [0.3, 0.4) is 0 Å². The van der Waals surface area contributed by atoms with Gasteiger partial charge in [0.15, 0.2) is 0 Å². The summed E-state index contributed by atoms with van der Waals surface area (Å²) >= 11 is 5.53. The fourth-order valence-electron chi connectivity index (χ4n) is 2.13. The molecule has 0 nitrogen and oxygen atoms in total. The van der Waals surface area contributed by atoms with E-state index in [1.165, 1.54) is 36.5 Å². The predicted molar refractivity (Wildman–Crippen MR) is 92.4 cm³/mol. The normalized spacial score (nSPS) is 10.8. The highest BCUT2D eigenvalue weighted by atomic mass is 79.9. The summed E-state index contributed by atoms with van der Waals surface area (Å²) in [5, 5.41) is 0. The van der Waals surface area contributed by atoms with E-state index in [9.17, 15) is 0 Å². The first kappa shape index (κ1) is 13.6. The molecular weight excluding hydrogens is 328 g/mol. The van der Waals surface area contributed by atoms with E-state index >= 15 is 0 Å². The van der Waals surface area contributed by atoms with Crippen molar-refractivity contribution in [2.75, 3.05) is 0 Å². The van der Waals surface area contributed by atoms with Crippen molar-refractivity contribution >= 4 is 27.3 Å². The zero-order valence-corrected chi connectivity index (χ0v) is 13.9. The molecule has 0 radical (unpaired) electrons. The minimum absolute atomic E-state index is 1.17. The molecule has 3 rings (SSSR count). The van der Waals surface area contributed by atoms with Gasteiger partial charge in [-0.2, -0.15) is 0 Å². The molecule has 3 aromatic rings. The van der Waals surface area contributed by atoms with Crippen LogP contribution in [0.4, 0.5) is 0 Å². The van der Waals surface area contributed by atoms with Gasteiger partial charge in [-0.15, -0.1) is 11.3 Å². The highest BCUT2D eigenvalue weighted by Gasteiger charge is 2.10. The molecule has 0 saturated heterocycles. The number of hydrogen-bond acceptors (Lipinski definition) is 1. The summed E-state index contributed by atoms with van der Waals surface area (Å²) in [6, 6.07) is 19.6. The van der Waals surface area contributed by atoms with Crippen molar-refractivity contribution in [1.82, 2.24) is 0 Å². The maximum atomic E-state index is 3.69. The smallest absolute Gasteiger partial charge is 0.0491 e. The number of aryl methyl sites for hydroxylation is 2. The van der Waals surface area contributed by atoms with Gasteiger partial charge in [-0.05, 0) is 47.0 Å². The summed E-state index contributed by atoms with van der Waals surface area (Å²) < 4.78 is 1.17. The van der Waals surface area contributed by atoms with E-state index in [2.05, 4.69) is 84.4 Å². The molecule has 0 unspecified atom stereocenters. The monoisotopic (exact) mass is 342 g/mol. The fourth-order valence-corrected chi connectivity index (χ4v) is 4.04. The molecule has 100 valence electrons. The van der Waals surface area contributed by atoms with Crippen LogP contribution in [0.1, 0.15) is 11.1 Å². The second-order valence-electron chi connectivity index (χ2n) is 5.02. The van der Waals surface area contributed by atoms with Crippen LogP contribution < -0.4 is 0 Å². The molecule has 0 spiro atoms. The van der Waals surface area contributed by atoms with Crippen LogP contribution in [0.25, 0.3) is 20.9 Å².